The molecule has 118 valence electrons. The fourth-order valence-corrected chi connectivity index (χ4v) is 2.48. The van der Waals surface area contributed by atoms with Crippen molar-refractivity contribution in [3.63, 3.8) is 0 Å². The summed E-state index contributed by atoms with van der Waals surface area (Å²) in [6.45, 7) is 2.36. The normalized spacial score (nSPS) is 11.0. The van der Waals surface area contributed by atoms with E-state index in [1.807, 2.05) is 6.92 Å². The van der Waals surface area contributed by atoms with E-state index in [-0.39, 0.29) is 0 Å². The summed E-state index contributed by atoms with van der Waals surface area (Å²) < 4.78 is 10.8. The SMILES string of the molecule is CCOc1c(Cl)cc(/C=C(\C#N)c2ccc(Cl)cc2)cc1OC. The van der Waals surface area contributed by atoms with Crippen molar-refractivity contribution < 1.29 is 9.47 Å². The lowest BCUT2D eigenvalue weighted by Gasteiger charge is -2.12. The largest absolute Gasteiger partial charge is 0.493 e. The third-order valence-electron chi connectivity index (χ3n) is 3.13. The van der Waals surface area contributed by atoms with Crippen LogP contribution >= 0.6 is 23.2 Å². The molecule has 0 saturated carbocycles. The van der Waals surface area contributed by atoms with Crippen molar-refractivity contribution in [3.05, 3.63) is 57.6 Å². The summed E-state index contributed by atoms with van der Waals surface area (Å²) in [7, 11) is 1.55. The van der Waals surface area contributed by atoms with Gasteiger partial charge in [-0.3, -0.25) is 0 Å². The Kier molecular flexibility index (Phi) is 5.92. The summed E-state index contributed by atoms with van der Waals surface area (Å²) in [6.07, 6.45) is 1.74. The van der Waals surface area contributed by atoms with Gasteiger partial charge in [0.25, 0.3) is 0 Å². The molecule has 0 bridgehead atoms. The zero-order chi connectivity index (χ0) is 16.8. The molecule has 0 aliphatic rings. The number of benzene rings is 2. The van der Waals surface area contributed by atoms with Gasteiger partial charge in [-0.2, -0.15) is 5.26 Å². The van der Waals surface area contributed by atoms with Crippen LogP contribution < -0.4 is 9.47 Å². The van der Waals surface area contributed by atoms with Crippen LogP contribution in [0.1, 0.15) is 18.1 Å². The van der Waals surface area contributed by atoms with Crippen LogP contribution in [0.5, 0.6) is 11.5 Å². The van der Waals surface area contributed by atoms with Gasteiger partial charge in [-0.15, -0.1) is 0 Å². The minimum Gasteiger partial charge on any atom is -0.493 e. The van der Waals surface area contributed by atoms with Crippen LogP contribution in [0.3, 0.4) is 0 Å². The highest BCUT2D eigenvalue weighted by Gasteiger charge is 2.11. The number of ether oxygens (including phenoxy) is 2. The van der Waals surface area contributed by atoms with E-state index in [1.54, 1.807) is 49.6 Å². The first-order valence-electron chi connectivity index (χ1n) is 6.97. The quantitative estimate of drug-likeness (QED) is 0.532. The van der Waals surface area contributed by atoms with Gasteiger partial charge in [-0.1, -0.05) is 35.3 Å². The van der Waals surface area contributed by atoms with Crippen molar-refractivity contribution in [1.29, 1.82) is 5.26 Å². The minimum atomic E-state index is 0.436. The molecule has 0 saturated heterocycles. The van der Waals surface area contributed by atoms with Crippen LogP contribution in [0.2, 0.25) is 10.0 Å². The Morgan fingerprint density at radius 1 is 1.22 bits per heavy atom. The van der Waals surface area contributed by atoms with Gasteiger partial charge < -0.3 is 9.47 Å². The zero-order valence-corrected chi connectivity index (χ0v) is 14.3. The fourth-order valence-electron chi connectivity index (χ4n) is 2.08. The Morgan fingerprint density at radius 2 is 1.91 bits per heavy atom. The first-order chi connectivity index (χ1) is 11.1. The number of hydrogen-bond donors (Lipinski definition) is 0. The number of methoxy groups -OCH3 is 1. The van der Waals surface area contributed by atoms with E-state index >= 15 is 0 Å². The summed E-state index contributed by atoms with van der Waals surface area (Å²) >= 11 is 12.1. The molecule has 0 fully saturated rings. The van der Waals surface area contributed by atoms with Gasteiger partial charge in [-0.25, -0.2) is 0 Å². The molecule has 0 aliphatic carbocycles. The third-order valence-corrected chi connectivity index (χ3v) is 3.66. The van der Waals surface area contributed by atoms with E-state index in [4.69, 9.17) is 32.7 Å². The summed E-state index contributed by atoms with van der Waals surface area (Å²) in [6, 6.07) is 12.8. The van der Waals surface area contributed by atoms with Gasteiger partial charge in [0.2, 0.25) is 0 Å². The van der Waals surface area contributed by atoms with Gasteiger partial charge in [0, 0.05) is 5.02 Å². The Hall–Kier alpha value is -2.15. The first-order valence-corrected chi connectivity index (χ1v) is 7.72. The minimum absolute atomic E-state index is 0.436. The van der Waals surface area contributed by atoms with Gasteiger partial charge in [0.15, 0.2) is 11.5 Å². The van der Waals surface area contributed by atoms with E-state index in [1.165, 1.54) is 0 Å². The van der Waals surface area contributed by atoms with E-state index in [9.17, 15) is 5.26 Å². The lowest BCUT2D eigenvalue weighted by Crippen LogP contribution is -1.96. The number of rotatable bonds is 5. The Bertz CT molecular complexity index is 762. The smallest absolute Gasteiger partial charge is 0.179 e. The summed E-state index contributed by atoms with van der Waals surface area (Å²) in [4.78, 5) is 0. The number of nitrogens with zero attached hydrogens (tertiary/aromatic N) is 1. The molecule has 0 N–H and O–H groups in total. The number of hydrogen-bond acceptors (Lipinski definition) is 3. The maximum atomic E-state index is 9.40. The maximum absolute atomic E-state index is 9.40. The fraction of sp³-hybridized carbons (Fsp3) is 0.167. The molecule has 0 aliphatic heterocycles. The van der Waals surface area contributed by atoms with Gasteiger partial charge in [-0.05, 0) is 48.4 Å². The van der Waals surface area contributed by atoms with Crippen LogP contribution in [-0.4, -0.2) is 13.7 Å². The van der Waals surface area contributed by atoms with Crippen LogP contribution in [0, 0.1) is 11.3 Å². The van der Waals surface area contributed by atoms with E-state index in [0.29, 0.717) is 33.7 Å². The topological polar surface area (TPSA) is 42.2 Å². The van der Waals surface area contributed by atoms with Crippen LogP contribution in [-0.2, 0) is 0 Å². The molecule has 0 heterocycles. The van der Waals surface area contributed by atoms with E-state index in [0.717, 1.165) is 11.1 Å². The summed E-state index contributed by atoms with van der Waals surface area (Å²) in [5.74, 6) is 1.03. The first kappa shape index (κ1) is 17.2. The van der Waals surface area contributed by atoms with Crippen LogP contribution in [0.25, 0.3) is 11.6 Å². The van der Waals surface area contributed by atoms with Crippen molar-refractivity contribution >= 4 is 34.9 Å². The molecule has 2 aromatic rings. The third kappa shape index (κ3) is 4.19. The van der Waals surface area contributed by atoms with Crippen molar-refractivity contribution in [1.82, 2.24) is 0 Å². The zero-order valence-electron chi connectivity index (χ0n) is 12.8. The molecule has 0 amide bonds. The van der Waals surface area contributed by atoms with Crippen molar-refractivity contribution in [2.75, 3.05) is 13.7 Å². The summed E-state index contributed by atoms with van der Waals surface area (Å²) in [5, 5.41) is 10.5. The van der Waals surface area contributed by atoms with Crippen molar-refractivity contribution in [2.24, 2.45) is 0 Å². The molecule has 0 atom stereocenters. The highest BCUT2D eigenvalue weighted by atomic mass is 35.5. The number of allylic oxidation sites excluding steroid dienone is 1. The molecule has 2 rings (SSSR count). The van der Waals surface area contributed by atoms with Crippen molar-refractivity contribution in [2.45, 2.75) is 6.92 Å². The van der Waals surface area contributed by atoms with Crippen molar-refractivity contribution in [3.8, 4) is 17.6 Å². The lowest BCUT2D eigenvalue weighted by atomic mass is 10.0. The average Bonchev–Trinajstić information content (AvgIpc) is 2.55. The molecule has 23 heavy (non-hydrogen) atoms. The molecule has 0 spiro atoms. The second-order valence-corrected chi connectivity index (χ2v) is 5.49. The molecule has 2 aromatic carbocycles. The molecular weight excluding hydrogens is 333 g/mol. The van der Waals surface area contributed by atoms with Crippen LogP contribution in [0.4, 0.5) is 0 Å². The van der Waals surface area contributed by atoms with Gasteiger partial charge in [0.05, 0.1) is 30.4 Å². The molecule has 3 nitrogen and oxygen atoms in total. The van der Waals surface area contributed by atoms with Gasteiger partial charge >= 0.3 is 0 Å². The summed E-state index contributed by atoms with van der Waals surface area (Å²) in [5.41, 5.74) is 2.03. The molecule has 0 radical (unpaired) electrons. The second-order valence-electron chi connectivity index (χ2n) is 4.64. The predicted molar refractivity (Wildman–Crippen MR) is 94.1 cm³/mol. The monoisotopic (exact) mass is 347 g/mol. The maximum Gasteiger partial charge on any atom is 0.179 e. The predicted octanol–water partition coefficient (Wildman–Crippen LogP) is 5.46. The molecule has 5 heteroatoms. The van der Waals surface area contributed by atoms with Gasteiger partial charge in [0.1, 0.15) is 0 Å². The van der Waals surface area contributed by atoms with E-state index < -0.39 is 0 Å². The van der Waals surface area contributed by atoms with Crippen LogP contribution in [0.15, 0.2) is 36.4 Å². The molecular formula is C18H15Cl2NO2. The Balaban J connectivity index is 2.46. The standard InChI is InChI=1S/C18H15Cl2NO2/c1-3-23-18-16(20)9-12(10-17(18)22-2)8-14(11-21)13-4-6-15(19)7-5-13/h4-10H,3H2,1-2H3/b14-8+. The van der Waals surface area contributed by atoms with E-state index in [2.05, 4.69) is 6.07 Å². The highest BCUT2D eigenvalue weighted by Crippen LogP contribution is 2.37. The highest BCUT2D eigenvalue weighted by molar-refractivity contribution is 6.32. The number of halogens is 2. The Morgan fingerprint density at radius 3 is 2.48 bits per heavy atom. The Labute approximate surface area is 145 Å². The molecule has 0 aromatic heterocycles. The number of nitriles is 1. The average molecular weight is 348 g/mol. The lowest BCUT2D eigenvalue weighted by molar-refractivity contribution is 0.311. The second kappa shape index (κ2) is 7.92. The molecule has 0 unspecified atom stereocenters.